The van der Waals surface area contributed by atoms with Gasteiger partial charge in [-0.05, 0) is 30.5 Å². The highest BCUT2D eigenvalue weighted by Crippen LogP contribution is 2.07. The summed E-state index contributed by atoms with van der Waals surface area (Å²) in [5.74, 6) is -0.666. The lowest BCUT2D eigenvalue weighted by molar-refractivity contribution is -0.899. The third-order valence-corrected chi connectivity index (χ3v) is 4.18. The fourth-order valence-electron chi connectivity index (χ4n) is 2.86. The second-order valence-electron chi connectivity index (χ2n) is 6.00. The van der Waals surface area contributed by atoms with Gasteiger partial charge in [-0.1, -0.05) is 12.1 Å². The van der Waals surface area contributed by atoms with Crippen molar-refractivity contribution in [2.24, 2.45) is 11.7 Å². The number of carbonyl (C=O) groups is 2. The van der Waals surface area contributed by atoms with E-state index in [1.165, 1.54) is 12.1 Å². The normalized spacial score (nSPS) is 21.4. The monoisotopic (exact) mass is 308 g/mol. The Balaban J connectivity index is 1.85. The van der Waals surface area contributed by atoms with Gasteiger partial charge in [0.25, 0.3) is 5.91 Å². The van der Waals surface area contributed by atoms with Gasteiger partial charge in [0.15, 0.2) is 6.54 Å². The number of hydrogen-bond acceptors (Lipinski definition) is 2. The average molecular weight is 308 g/mol. The van der Waals surface area contributed by atoms with Crippen LogP contribution in [0.4, 0.5) is 4.39 Å². The van der Waals surface area contributed by atoms with Gasteiger partial charge in [0, 0.05) is 13.6 Å². The molecule has 1 aromatic carbocycles. The average Bonchev–Trinajstić information content (AvgIpc) is 2.49. The SMILES string of the molecule is CN(Cc1ccc(F)cc1)C(=O)C[NH+]1CCC[C@@H](C(N)=O)C1. The van der Waals surface area contributed by atoms with Crippen LogP contribution in [0.1, 0.15) is 18.4 Å². The summed E-state index contributed by atoms with van der Waals surface area (Å²) in [5, 5.41) is 0. The van der Waals surface area contributed by atoms with Crippen molar-refractivity contribution in [3.05, 3.63) is 35.6 Å². The van der Waals surface area contributed by atoms with E-state index in [2.05, 4.69) is 0 Å². The van der Waals surface area contributed by atoms with E-state index in [-0.39, 0.29) is 23.5 Å². The molecule has 1 aromatic rings. The molecule has 2 atom stereocenters. The summed E-state index contributed by atoms with van der Waals surface area (Å²) in [6, 6.07) is 6.13. The number of primary amides is 1. The fraction of sp³-hybridized carbons (Fsp3) is 0.500. The predicted octanol–water partition coefficient (Wildman–Crippen LogP) is -0.436. The van der Waals surface area contributed by atoms with Crippen LogP contribution in [-0.2, 0) is 16.1 Å². The molecule has 2 amide bonds. The van der Waals surface area contributed by atoms with Crippen molar-refractivity contribution in [2.75, 3.05) is 26.7 Å². The first-order valence-electron chi connectivity index (χ1n) is 7.57. The fourth-order valence-corrected chi connectivity index (χ4v) is 2.86. The quantitative estimate of drug-likeness (QED) is 0.775. The first kappa shape index (κ1) is 16.4. The molecule has 1 aliphatic rings. The zero-order chi connectivity index (χ0) is 16.1. The third kappa shape index (κ3) is 4.53. The van der Waals surface area contributed by atoms with Gasteiger partial charge in [-0.3, -0.25) is 9.59 Å². The van der Waals surface area contributed by atoms with Gasteiger partial charge in [0.2, 0.25) is 5.91 Å². The Kier molecular flexibility index (Phi) is 5.49. The number of likely N-dealkylation sites (N-methyl/N-ethyl adjacent to an activating group) is 1. The summed E-state index contributed by atoms with van der Waals surface area (Å²) in [6.07, 6.45) is 1.73. The number of hydrogen-bond donors (Lipinski definition) is 2. The van der Waals surface area contributed by atoms with Crippen molar-refractivity contribution in [1.29, 1.82) is 0 Å². The second kappa shape index (κ2) is 7.35. The number of amides is 2. The van der Waals surface area contributed by atoms with E-state index < -0.39 is 0 Å². The van der Waals surface area contributed by atoms with E-state index in [0.717, 1.165) is 29.8 Å². The van der Waals surface area contributed by atoms with Gasteiger partial charge in [-0.15, -0.1) is 0 Å². The van der Waals surface area contributed by atoms with Crippen molar-refractivity contribution in [2.45, 2.75) is 19.4 Å². The molecule has 0 aromatic heterocycles. The Hall–Kier alpha value is -1.95. The number of nitrogens with two attached hydrogens (primary N) is 1. The molecule has 1 aliphatic heterocycles. The minimum absolute atomic E-state index is 0.0180. The molecule has 1 heterocycles. The maximum Gasteiger partial charge on any atom is 0.277 e. The second-order valence-corrected chi connectivity index (χ2v) is 6.00. The number of nitrogens with zero attached hydrogens (tertiary/aromatic N) is 1. The summed E-state index contributed by atoms with van der Waals surface area (Å²) in [4.78, 5) is 26.3. The van der Waals surface area contributed by atoms with Crippen LogP contribution in [0, 0.1) is 11.7 Å². The van der Waals surface area contributed by atoms with Crippen LogP contribution in [-0.4, -0.2) is 43.4 Å². The number of nitrogens with one attached hydrogen (secondary N) is 1. The van der Waals surface area contributed by atoms with Gasteiger partial charge >= 0.3 is 0 Å². The van der Waals surface area contributed by atoms with Crippen LogP contribution in [0.15, 0.2) is 24.3 Å². The lowest BCUT2D eigenvalue weighted by Crippen LogP contribution is -3.14. The van der Waals surface area contributed by atoms with Crippen molar-refractivity contribution in [1.82, 2.24) is 4.90 Å². The largest absolute Gasteiger partial charge is 0.369 e. The number of quaternary nitrogens is 1. The first-order chi connectivity index (χ1) is 10.5. The van der Waals surface area contributed by atoms with Crippen molar-refractivity contribution in [3.8, 4) is 0 Å². The number of halogens is 1. The van der Waals surface area contributed by atoms with E-state index in [1.807, 2.05) is 0 Å². The van der Waals surface area contributed by atoms with Gasteiger partial charge in [0.1, 0.15) is 5.82 Å². The van der Waals surface area contributed by atoms with E-state index in [0.29, 0.717) is 19.6 Å². The number of rotatable bonds is 5. The standard InChI is InChI=1S/C16H22FN3O2/c1-19(9-12-4-6-14(17)7-5-12)15(21)11-20-8-2-3-13(10-20)16(18)22/h4-7,13H,2-3,8-11H2,1H3,(H2,18,22)/p+1/t13-/m1/s1. The maximum absolute atomic E-state index is 12.9. The molecule has 120 valence electrons. The van der Waals surface area contributed by atoms with Crippen LogP contribution in [0.3, 0.4) is 0 Å². The van der Waals surface area contributed by atoms with Gasteiger partial charge in [0.05, 0.1) is 19.0 Å². The number of benzene rings is 1. The molecule has 1 unspecified atom stereocenters. The highest BCUT2D eigenvalue weighted by Gasteiger charge is 2.29. The molecule has 0 aliphatic carbocycles. The van der Waals surface area contributed by atoms with Gasteiger partial charge in [-0.2, -0.15) is 0 Å². The molecular formula is C16H23FN3O2+. The highest BCUT2D eigenvalue weighted by molar-refractivity contribution is 5.77. The molecule has 3 N–H and O–H groups in total. The summed E-state index contributed by atoms with van der Waals surface area (Å²) < 4.78 is 12.9. The summed E-state index contributed by atoms with van der Waals surface area (Å²) in [7, 11) is 1.74. The number of carbonyl (C=O) groups excluding carboxylic acids is 2. The molecule has 5 nitrogen and oxygen atoms in total. The number of likely N-dealkylation sites (tertiary alicyclic amines) is 1. The van der Waals surface area contributed by atoms with E-state index >= 15 is 0 Å². The van der Waals surface area contributed by atoms with Crippen LogP contribution in [0.25, 0.3) is 0 Å². The molecule has 2 rings (SSSR count). The van der Waals surface area contributed by atoms with E-state index in [1.54, 1.807) is 24.1 Å². The first-order valence-corrected chi connectivity index (χ1v) is 7.57. The Labute approximate surface area is 129 Å². The minimum Gasteiger partial charge on any atom is -0.369 e. The third-order valence-electron chi connectivity index (χ3n) is 4.18. The zero-order valence-electron chi connectivity index (χ0n) is 12.8. The Morgan fingerprint density at radius 1 is 1.36 bits per heavy atom. The minimum atomic E-state index is -0.284. The Morgan fingerprint density at radius 3 is 2.68 bits per heavy atom. The lowest BCUT2D eigenvalue weighted by Gasteiger charge is -2.29. The Morgan fingerprint density at radius 2 is 2.05 bits per heavy atom. The molecule has 6 heteroatoms. The predicted molar refractivity (Wildman–Crippen MR) is 80.4 cm³/mol. The molecule has 22 heavy (non-hydrogen) atoms. The van der Waals surface area contributed by atoms with Crippen LogP contribution < -0.4 is 10.6 Å². The van der Waals surface area contributed by atoms with Crippen molar-refractivity contribution >= 4 is 11.8 Å². The van der Waals surface area contributed by atoms with Crippen molar-refractivity contribution < 1.29 is 18.9 Å². The molecule has 0 spiro atoms. The number of piperidine rings is 1. The van der Waals surface area contributed by atoms with E-state index in [9.17, 15) is 14.0 Å². The smallest absolute Gasteiger partial charge is 0.277 e. The molecule has 1 saturated heterocycles. The molecule has 0 bridgehead atoms. The highest BCUT2D eigenvalue weighted by atomic mass is 19.1. The van der Waals surface area contributed by atoms with Crippen LogP contribution >= 0.6 is 0 Å². The zero-order valence-corrected chi connectivity index (χ0v) is 12.8. The lowest BCUT2D eigenvalue weighted by atomic mass is 9.97. The summed E-state index contributed by atoms with van der Waals surface area (Å²) in [5.41, 5.74) is 6.25. The molecule has 0 radical (unpaired) electrons. The maximum atomic E-state index is 12.9. The topological polar surface area (TPSA) is 67.8 Å². The molecule has 0 saturated carbocycles. The van der Waals surface area contributed by atoms with E-state index in [4.69, 9.17) is 5.73 Å². The van der Waals surface area contributed by atoms with Crippen LogP contribution in [0.5, 0.6) is 0 Å². The van der Waals surface area contributed by atoms with Crippen molar-refractivity contribution in [3.63, 3.8) is 0 Å². The Bertz CT molecular complexity index is 533. The molecular weight excluding hydrogens is 285 g/mol. The van der Waals surface area contributed by atoms with Gasteiger partial charge in [-0.25, -0.2) is 4.39 Å². The van der Waals surface area contributed by atoms with Gasteiger partial charge < -0.3 is 15.5 Å². The molecule has 1 fully saturated rings. The summed E-state index contributed by atoms with van der Waals surface area (Å²) in [6.45, 7) is 2.33. The van der Waals surface area contributed by atoms with Crippen LogP contribution in [0.2, 0.25) is 0 Å². The summed E-state index contributed by atoms with van der Waals surface area (Å²) >= 11 is 0.